The van der Waals surface area contributed by atoms with Gasteiger partial charge in [-0.2, -0.15) is 0 Å². The number of aromatic amines is 1. The molecule has 1 aromatic heterocycles. The van der Waals surface area contributed by atoms with E-state index in [4.69, 9.17) is 9.73 Å². The lowest BCUT2D eigenvalue weighted by Crippen LogP contribution is -2.39. The van der Waals surface area contributed by atoms with Crippen molar-refractivity contribution in [3.8, 4) is 5.88 Å². The average Bonchev–Trinajstić information content (AvgIpc) is 3.21. The summed E-state index contributed by atoms with van der Waals surface area (Å²) in [4.78, 5) is 33.3. The number of nitrogens with one attached hydrogen (secondary N) is 1. The SMILES string of the molecule is CC(C)(C)OC(=O)N1CCc2c(cccc2N=C(c2ccccc2)c2c(O)[nH]c3ccc([N+](=O)[O-])cc23)C1. The number of amides is 1. The Morgan fingerprint density at radius 3 is 2.58 bits per heavy atom. The van der Waals surface area contributed by atoms with Crippen LogP contribution < -0.4 is 0 Å². The van der Waals surface area contributed by atoms with E-state index in [-0.39, 0.29) is 17.7 Å². The highest BCUT2D eigenvalue weighted by Crippen LogP contribution is 2.35. The predicted octanol–water partition coefficient (Wildman–Crippen LogP) is 6.24. The maximum absolute atomic E-state index is 12.7. The van der Waals surface area contributed by atoms with Gasteiger partial charge in [-0.3, -0.25) is 10.1 Å². The fourth-order valence-corrected chi connectivity index (χ4v) is 4.68. The standard InChI is InChI=1S/C29H28N4O5/c1-29(2,3)38-28(35)32-15-14-21-19(17-32)10-7-11-23(21)30-26(18-8-5-4-6-9-18)25-22-16-20(33(36)37)12-13-24(22)31-27(25)34/h4-13,16,31,34H,14-15,17H2,1-3H3. The number of nitrogens with zero attached hydrogens (tertiary/aromatic N) is 3. The van der Waals surface area contributed by atoms with E-state index in [0.29, 0.717) is 47.4 Å². The van der Waals surface area contributed by atoms with E-state index in [9.17, 15) is 20.0 Å². The Kier molecular flexibility index (Phi) is 6.36. The van der Waals surface area contributed by atoms with Crippen molar-refractivity contribution in [2.45, 2.75) is 39.3 Å². The van der Waals surface area contributed by atoms with E-state index in [1.165, 1.54) is 12.1 Å². The monoisotopic (exact) mass is 512 g/mol. The average molecular weight is 513 g/mol. The van der Waals surface area contributed by atoms with Gasteiger partial charge in [0.15, 0.2) is 5.88 Å². The molecule has 0 fully saturated rings. The Morgan fingerprint density at radius 2 is 1.87 bits per heavy atom. The van der Waals surface area contributed by atoms with Gasteiger partial charge < -0.3 is 19.7 Å². The van der Waals surface area contributed by atoms with E-state index in [1.807, 2.05) is 69.3 Å². The van der Waals surface area contributed by atoms with Gasteiger partial charge in [0.05, 0.1) is 21.9 Å². The minimum absolute atomic E-state index is 0.0792. The number of carbonyl (C=O) groups excluding carboxylic acids is 1. The van der Waals surface area contributed by atoms with Crippen LogP contribution in [0.4, 0.5) is 16.2 Å². The maximum Gasteiger partial charge on any atom is 0.410 e. The zero-order valence-electron chi connectivity index (χ0n) is 21.4. The van der Waals surface area contributed by atoms with Gasteiger partial charge in [-0.05, 0) is 50.5 Å². The lowest BCUT2D eigenvalue weighted by Gasteiger charge is -2.31. The van der Waals surface area contributed by atoms with Crippen LogP contribution in [0, 0.1) is 10.1 Å². The molecule has 2 N–H and O–H groups in total. The fraction of sp³-hybridized carbons (Fsp3) is 0.241. The van der Waals surface area contributed by atoms with E-state index in [1.54, 1.807) is 11.0 Å². The molecule has 0 atom stereocenters. The summed E-state index contributed by atoms with van der Waals surface area (Å²) in [5, 5.41) is 22.9. The van der Waals surface area contributed by atoms with Crippen LogP contribution in [0.5, 0.6) is 5.88 Å². The van der Waals surface area contributed by atoms with Crippen LogP contribution in [0.2, 0.25) is 0 Å². The van der Waals surface area contributed by atoms with E-state index in [0.717, 1.165) is 16.7 Å². The summed E-state index contributed by atoms with van der Waals surface area (Å²) in [7, 11) is 0. The van der Waals surface area contributed by atoms with E-state index < -0.39 is 10.5 Å². The summed E-state index contributed by atoms with van der Waals surface area (Å²) in [5.74, 6) is -0.121. The number of aromatic hydroxyl groups is 1. The number of ether oxygens (including phenoxy) is 1. The molecule has 0 saturated carbocycles. The quantitative estimate of drug-likeness (QED) is 0.190. The number of hydrogen-bond donors (Lipinski definition) is 2. The smallest absolute Gasteiger partial charge is 0.410 e. The molecule has 0 aliphatic carbocycles. The largest absolute Gasteiger partial charge is 0.494 e. The van der Waals surface area contributed by atoms with E-state index >= 15 is 0 Å². The zero-order valence-corrected chi connectivity index (χ0v) is 21.4. The molecule has 4 aromatic rings. The number of fused-ring (bicyclic) bond motifs is 2. The van der Waals surface area contributed by atoms with E-state index in [2.05, 4.69) is 4.98 Å². The fourth-order valence-electron chi connectivity index (χ4n) is 4.68. The Hall–Kier alpha value is -4.66. The number of non-ortho nitro benzene ring substituents is 1. The number of carbonyl (C=O) groups is 1. The van der Waals surface area contributed by atoms with Gasteiger partial charge in [0.2, 0.25) is 0 Å². The third-order valence-electron chi connectivity index (χ3n) is 6.38. The second-order valence-electron chi connectivity index (χ2n) is 10.2. The van der Waals surface area contributed by atoms with Crippen molar-refractivity contribution in [1.29, 1.82) is 0 Å². The minimum atomic E-state index is -0.579. The van der Waals surface area contributed by atoms with Gasteiger partial charge in [0, 0.05) is 41.7 Å². The molecule has 0 bridgehead atoms. The first-order valence-electron chi connectivity index (χ1n) is 12.3. The number of rotatable bonds is 4. The Labute approximate surface area is 219 Å². The predicted molar refractivity (Wildman–Crippen MR) is 145 cm³/mol. The van der Waals surface area contributed by atoms with Gasteiger partial charge >= 0.3 is 6.09 Å². The normalized spacial score (nSPS) is 13.9. The summed E-state index contributed by atoms with van der Waals surface area (Å²) in [6.45, 7) is 6.42. The number of nitro groups is 1. The van der Waals surface area contributed by atoms with Crippen molar-refractivity contribution in [3.63, 3.8) is 0 Å². The van der Waals surface area contributed by atoms with Crippen molar-refractivity contribution >= 4 is 34.1 Å². The molecule has 5 rings (SSSR count). The highest BCUT2D eigenvalue weighted by Gasteiger charge is 2.27. The third kappa shape index (κ3) is 4.95. The number of aromatic nitrogens is 1. The van der Waals surface area contributed by atoms with Crippen molar-refractivity contribution in [3.05, 3.63) is 99.1 Å². The minimum Gasteiger partial charge on any atom is -0.494 e. The zero-order chi connectivity index (χ0) is 27.0. The van der Waals surface area contributed by atoms with Crippen molar-refractivity contribution in [1.82, 2.24) is 9.88 Å². The number of benzene rings is 3. The van der Waals surface area contributed by atoms with Crippen LogP contribution >= 0.6 is 0 Å². The van der Waals surface area contributed by atoms with Gasteiger partial charge in [0.1, 0.15) is 5.60 Å². The second-order valence-corrected chi connectivity index (χ2v) is 10.2. The lowest BCUT2D eigenvalue weighted by atomic mass is 9.97. The molecule has 9 heteroatoms. The molecule has 0 radical (unpaired) electrons. The molecule has 0 spiro atoms. The maximum atomic E-state index is 12.7. The first kappa shape index (κ1) is 25.0. The molecular formula is C29H28N4O5. The Morgan fingerprint density at radius 1 is 1.11 bits per heavy atom. The third-order valence-corrected chi connectivity index (χ3v) is 6.38. The molecule has 0 saturated heterocycles. The van der Waals surface area contributed by atoms with Crippen molar-refractivity contribution < 1.29 is 19.6 Å². The number of H-pyrrole nitrogens is 1. The Bertz CT molecular complexity index is 1570. The molecule has 38 heavy (non-hydrogen) atoms. The van der Waals surface area contributed by atoms with Crippen molar-refractivity contribution in [2.24, 2.45) is 4.99 Å². The summed E-state index contributed by atoms with van der Waals surface area (Å²) in [6.07, 6.45) is 0.231. The topological polar surface area (TPSA) is 121 Å². The van der Waals surface area contributed by atoms with Crippen LogP contribution in [0.15, 0.2) is 71.7 Å². The van der Waals surface area contributed by atoms with Crippen LogP contribution in [0.3, 0.4) is 0 Å². The molecular weight excluding hydrogens is 484 g/mol. The summed E-state index contributed by atoms with van der Waals surface area (Å²) >= 11 is 0. The lowest BCUT2D eigenvalue weighted by molar-refractivity contribution is -0.384. The highest BCUT2D eigenvalue weighted by molar-refractivity contribution is 6.22. The van der Waals surface area contributed by atoms with Crippen LogP contribution in [0.25, 0.3) is 10.9 Å². The second kappa shape index (κ2) is 9.66. The molecule has 0 unspecified atom stereocenters. The van der Waals surface area contributed by atoms with Gasteiger partial charge in [-0.1, -0.05) is 42.5 Å². The van der Waals surface area contributed by atoms with Gasteiger partial charge in [-0.25, -0.2) is 9.79 Å². The summed E-state index contributed by atoms with van der Waals surface area (Å²) in [6, 6.07) is 19.6. The highest BCUT2D eigenvalue weighted by atomic mass is 16.6. The number of aliphatic imine (C=N–C) groups is 1. The molecule has 2 heterocycles. The number of nitro benzene ring substituents is 1. The molecule has 1 aliphatic heterocycles. The van der Waals surface area contributed by atoms with Gasteiger partial charge in [0.25, 0.3) is 5.69 Å². The molecule has 3 aromatic carbocycles. The molecule has 9 nitrogen and oxygen atoms in total. The first-order valence-corrected chi connectivity index (χ1v) is 12.3. The first-order chi connectivity index (χ1) is 18.1. The molecule has 1 aliphatic rings. The number of hydrogen-bond acceptors (Lipinski definition) is 6. The molecule has 194 valence electrons. The van der Waals surface area contributed by atoms with Crippen LogP contribution in [-0.2, 0) is 17.7 Å². The van der Waals surface area contributed by atoms with Crippen LogP contribution in [0.1, 0.15) is 43.0 Å². The summed E-state index contributed by atoms with van der Waals surface area (Å²) < 4.78 is 5.55. The molecule has 1 amide bonds. The summed E-state index contributed by atoms with van der Waals surface area (Å²) in [5.41, 5.74) is 4.21. The van der Waals surface area contributed by atoms with Gasteiger partial charge in [-0.15, -0.1) is 0 Å². The Balaban J connectivity index is 1.62. The van der Waals surface area contributed by atoms with Crippen molar-refractivity contribution in [2.75, 3.05) is 6.54 Å². The van der Waals surface area contributed by atoms with Crippen LogP contribution in [-0.4, -0.2) is 43.9 Å².